The zero-order chi connectivity index (χ0) is 24.4. The van der Waals surface area contributed by atoms with E-state index in [2.05, 4.69) is 22.1 Å². The van der Waals surface area contributed by atoms with Crippen LogP contribution in [-0.4, -0.2) is 15.9 Å². The Balaban J connectivity index is 1.34. The molecular weight excluding hydrogens is 451 g/mol. The molecule has 4 nitrogen and oxygen atoms in total. The summed E-state index contributed by atoms with van der Waals surface area (Å²) in [4.78, 5) is 8.88. The van der Waals surface area contributed by atoms with E-state index in [1.54, 1.807) is 6.07 Å². The largest absolute Gasteiger partial charge is 0.339 e. The third-order valence-electron chi connectivity index (χ3n) is 6.27. The Hall–Kier alpha value is -3.74. The van der Waals surface area contributed by atoms with Crippen LogP contribution in [0.25, 0.3) is 22.5 Å². The predicted octanol–water partition coefficient (Wildman–Crippen LogP) is 7.49. The van der Waals surface area contributed by atoms with Gasteiger partial charge in [-0.3, -0.25) is 4.99 Å². The highest BCUT2D eigenvalue weighted by molar-refractivity contribution is 6.02. The van der Waals surface area contributed by atoms with Crippen molar-refractivity contribution in [2.45, 2.75) is 45.1 Å². The summed E-state index contributed by atoms with van der Waals surface area (Å²) in [5, 5.41) is 4.04. The van der Waals surface area contributed by atoms with Gasteiger partial charge in [-0.15, -0.1) is 0 Å². The Bertz CT molecular complexity index is 1360. The summed E-state index contributed by atoms with van der Waals surface area (Å²) in [6.07, 6.45) is 3.70. The van der Waals surface area contributed by atoms with Crippen LogP contribution in [0.4, 0.5) is 13.2 Å². The Labute approximate surface area is 201 Å². The van der Waals surface area contributed by atoms with Crippen LogP contribution < -0.4 is 0 Å². The maximum Gasteiger partial charge on any atom is 0.226 e. The van der Waals surface area contributed by atoms with Gasteiger partial charge in [-0.05, 0) is 48.6 Å². The molecule has 178 valence electrons. The average Bonchev–Trinajstić information content (AvgIpc) is 3.53. The number of aryl methyl sites for hydroxylation is 1. The van der Waals surface area contributed by atoms with E-state index in [4.69, 9.17) is 4.52 Å². The van der Waals surface area contributed by atoms with Gasteiger partial charge in [-0.1, -0.05) is 61.0 Å². The monoisotopic (exact) mass is 475 g/mol. The first-order valence-corrected chi connectivity index (χ1v) is 11.8. The standard InChI is InChI=1S/C28H24F3N3O/c1-2-3-7-26-33-28(34-35-26)18-10-8-17(9-11-18)19-12-13-20(23(31)16-19)24-14-15-25(32-24)27-21(29)5-4-6-22(27)30/h4-6,8-13,16,24H,2-3,7,14-15H2,1H3. The average molecular weight is 476 g/mol. The molecule has 1 aromatic heterocycles. The lowest BCUT2D eigenvalue weighted by Crippen LogP contribution is -2.03. The minimum absolute atomic E-state index is 0.119. The molecule has 5 rings (SSSR count). The second kappa shape index (κ2) is 9.86. The number of hydrogen-bond acceptors (Lipinski definition) is 4. The Kier molecular flexibility index (Phi) is 6.49. The van der Waals surface area contributed by atoms with E-state index in [1.165, 1.54) is 24.3 Å². The molecule has 1 unspecified atom stereocenters. The maximum absolute atomic E-state index is 15.1. The van der Waals surface area contributed by atoms with Crippen molar-refractivity contribution in [1.29, 1.82) is 0 Å². The normalized spacial score (nSPS) is 15.4. The Morgan fingerprint density at radius 1 is 0.886 bits per heavy atom. The third-order valence-corrected chi connectivity index (χ3v) is 6.27. The van der Waals surface area contributed by atoms with Crippen LogP contribution in [0, 0.1) is 17.5 Å². The lowest BCUT2D eigenvalue weighted by Gasteiger charge is -2.11. The molecule has 1 atom stereocenters. The molecule has 7 heteroatoms. The Morgan fingerprint density at radius 3 is 2.31 bits per heavy atom. The van der Waals surface area contributed by atoms with E-state index in [-0.39, 0.29) is 5.56 Å². The first-order chi connectivity index (χ1) is 17.0. The quantitative estimate of drug-likeness (QED) is 0.278. The molecule has 0 radical (unpaired) electrons. The van der Waals surface area contributed by atoms with E-state index in [0.29, 0.717) is 35.8 Å². The number of aromatic nitrogens is 2. The summed E-state index contributed by atoms with van der Waals surface area (Å²) in [7, 11) is 0. The van der Waals surface area contributed by atoms with E-state index in [0.717, 1.165) is 36.0 Å². The zero-order valence-electron chi connectivity index (χ0n) is 19.3. The molecule has 0 N–H and O–H groups in total. The number of benzene rings is 3. The van der Waals surface area contributed by atoms with Gasteiger partial charge in [0, 0.05) is 23.3 Å². The summed E-state index contributed by atoms with van der Waals surface area (Å²) in [6, 6.07) is 15.8. The Morgan fingerprint density at radius 2 is 1.60 bits per heavy atom. The van der Waals surface area contributed by atoms with E-state index in [9.17, 15) is 8.78 Å². The molecule has 0 spiro atoms. The predicted molar refractivity (Wildman–Crippen MR) is 129 cm³/mol. The van der Waals surface area contributed by atoms with Crippen molar-refractivity contribution in [2.75, 3.05) is 0 Å². The van der Waals surface area contributed by atoms with Gasteiger partial charge in [0.25, 0.3) is 0 Å². The molecule has 1 aliphatic rings. The van der Waals surface area contributed by atoms with Crippen LogP contribution in [0.3, 0.4) is 0 Å². The van der Waals surface area contributed by atoms with Crippen molar-refractivity contribution in [3.8, 4) is 22.5 Å². The molecule has 3 aromatic carbocycles. The van der Waals surface area contributed by atoms with Crippen LogP contribution in [0.2, 0.25) is 0 Å². The molecule has 0 saturated carbocycles. The highest BCUT2D eigenvalue weighted by Crippen LogP contribution is 2.35. The number of halogens is 3. The van der Waals surface area contributed by atoms with Gasteiger partial charge in [-0.25, -0.2) is 13.2 Å². The van der Waals surface area contributed by atoms with Crippen LogP contribution in [-0.2, 0) is 6.42 Å². The van der Waals surface area contributed by atoms with Crippen LogP contribution in [0.15, 0.2) is 70.2 Å². The van der Waals surface area contributed by atoms with Gasteiger partial charge < -0.3 is 4.52 Å². The molecular formula is C28H24F3N3O. The van der Waals surface area contributed by atoms with Crippen LogP contribution in [0.1, 0.15) is 55.7 Å². The van der Waals surface area contributed by atoms with Crippen molar-refractivity contribution >= 4 is 5.71 Å². The molecule has 0 aliphatic carbocycles. The highest BCUT2D eigenvalue weighted by Gasteiger charge is 2.26. The van der Waals surface area contributed by atoms with Gasteiger partial charge in [0.05, 0.1) is 11.6 Å². The molecule has 2 heterocycles. The number of aliphatic imine (C=N–C) groups is 1. The topological polar surface area (TPSA) is 51.3 Å². The molecule has 4 aromatic rings. The van der Waals surface area contributed by atoms with Crippen molar-refractivity contribution in [3.63, 3.8) is 0 Å². The number of rotatable bonds is 7. The van der Waals surface area contributed by atoms with E-state index < -0.39 is 23.5 Å². The summed E-state index contributed by atoms with van der Waals surface area (Å²) < 4.78 is 48.6. The smallest absolute Gasteiger partial charge is 0.226 e. The number of nitrogens with zero attached hydrogens (tertiary/aromatic N) is 3. The van der Waals surface area contributed by atoms with Gasteiger partial charge in [0.15, 0.2) is 0 Å². The lowest BCUT2D eigenvalue weighted by atomic mass is 9.98. The molecule has 1 aliphatic heterocycles. The van der Waals surface area contributed by atoms with Gasteiger partial charge in [-0.2, -0.15) is 4.98 Å². The minimum atomic E-state index is -0.651. The summed E-state index contributed by atoms with van der Waals surface area (Å²) in [6.45, 7) is 2.11. The molecule has 0 bridgehead atoms. The van der Waals surface area contributed by atoms with Gasteiger partial charge >= 0.3 is 0 Å². The highest BCUT2D eigenvalue weighted by atomic mass is 19.1. The fourth-order valence-electron chi connectivity index (χ4n) is 4.37. The van der Waals surface area contributed by atoms with Gasteiger partial charge in [0.1, 0.15) is 17.5 Å². The minimum Gasteiger partial charge on any atom is -0.339 e. The number of hydrogen-bond donors (Lipinski definition) is 0. The van der Waals surface area contributed by atoms with Crippen molar-refractivity contribution < 1.29 is 17.7 Å². The molecule has 0 amide bonds. The van der Waals surface area contributed by atoms with Crippen LogP contribution in [0.5, 0.6) is 0 Å². The first kappa shape index (κ1) is 23.0. The van der Waals surface area contributed by atoms with Crippen molar-refractivity contribution in [2.24, 2.45) is 4.99 Å². The molecule has 35 heavy (non-hydrogen) atoms. The molecule has 0 saturated heterocycles. The second-order valence-electron chi connectivity index (χ2n) is 8.66. The molecule has 0 fully saturated rings. The van der Waals surface area contributed by atoms with Gasteiger partial charge in [0.2, 0.25) is 11.7 Å². The summed E-state index contributed by atoms with van der Waals surface area (Å²) in [5.74, 6) is -0.540. The van der Waals surface area contributed by atoms with E-state index >= 15 is 4.39 Å². The first-order valence-electron chi connectivity index (χ1n) is 11.8. The van der Waals surface area contributed by atoms with E-state index in [1.807, 2.05) is 30.3 Å². The summed E-state index contributed by atoms with van der Waals surface area (Å²) in [5.41, 5.74) is 3.03. The fourth-order valence-corrected chi connectivity index (χ4v) is 4.37. The second-order valence-corrected chi connectivity index (χ2v) is 8.66. The fraction of sp³-hybridized carbons (Fsp3) is 0.250. The number of unbranched alkanes of at least 4 members (excludes halogenated alkanes) is 1. The third kappa shape index (κ3) is 4.76. The van der Waals surface area contributed by atoms with Crippen molar-refractivity contribution in [3.05, 3.63) is 95.1 Å². The summed E-state index contributed by atoms with van der Waals surface area (Å²) >= 11 is 0. The zero-order valence-corrected chi connectivity index (χ0v) is 19.3. The SMILES string of the molecule is CCCCc1nc(-c2ccc(-c3ccc(C4CCC(c5c(F)cccc5F)=N4)c(F)c3)cc2)no1. The van der Waals surface area contributed by atoms with Crippen LogP contribution >= 0.6 is 0 Å². The lowest BCUT2D eigenvalue weighted by molar-refractivity contribution is 0.375. The maximum atomic E-state index is 15.1. The van der Waals surface area contributed by atoms with Crippen molar-refractivity contribution in [1.82, 2.24) is 10.1 Å².